The molecule has 1 aromatic heterocycles. The summed E-state index contributed by atoms with van der Waals surface area (Å²) >= 11 is 0. The molecule has 1 saturated heterocycles. The number of aromatic amines is 1. The maximum absolute atomic E-state index is 12.0. The van der Waals surface area contributed by atoms with E-state index in [0.29, 0.717) is 6.42 Å². The number of rotatable bonds is 1. The second-order valence-electron chi connectivity index (χ2n) is 5.46. The summed E-state index contributed by atoms with van der Waals surface area (Å²) < 4.78 is 0. The third-order valence-corrected chi connectivity index (χ3v) is 4.48. The minimum Gasteiger partial charge on any atom is -0.394 e. The number of para-hydroxylation sites is 1. The van der Waals surface area contributed by atoms with Crippen molar-refractivity contribution < 1.29 is 9.90 Å². The molecule has 2 aliphatic heterocycles. The molecule has 0 spiro atoms. The number of amides is 1. The Labute approximate surface area is 111 Å². The smallest absolute Gasteiger partial charge is 0.223 e. The Morgan fingerprint density at radius 1 is 1.37 bits per heavy atom. The number of aliphatic hydroxyl groups is 1. The van der Waals surface area contributed by atoms with Gasteiger partial charge < -0.3 is 15.0 Å². The van der Waals surface area contributed by atoms with Gasteiger partial charge in [0.1, 0.15) is 0 Å². The van der Waals surface area contributed by atoms with Crippen LogP contribution in [0, 0.1) is 0 Å². The van der Waals surface area contributed by atoms with Gasteiger partial charge in [-0.05, 0) is 24.5 Å². The van der Waals surface area contributed by atoms with Crippen molar-refractivity contribution in [3.8, 4) is 0 Å². The molecule has 1 amide bonds. The molecule has 0 saturated carbocycles. The van der Waals surface area contributed by atoms with E-state index in [1.54, 1.807) is 0 Å². The molecule has 98 valence electrons. The summed E-state index contributed by atoms with van der Waals surface area (Å²) in [6.07, 6.45) is 2.20. The molecule has 2 N–H and O–H groups in total. The standard InChI is InChI=1S/C15H16N2O2/c18-8-9-7-11-10-3-1-2-4-12(10)16-15(11)13-5-6-14(19)17(9)13/h1-4,9,13,16,18H,5-8H2/t9-,13?/m0/s1. The second kappa shape index (κ2) is 3.84. The summed E-state index contributed by atoms with van der Waals surface area (Å²) in [7, 11) is 0. The van der Waals surface area contributed by atoms with Crippen molar-refractivity contribution in [3.05, 3.63) is 35.5 Å². The molecule has 2 atom stereocenters. The lowest BCUT2D eigenvalue weighted by atomic mass is 9.93. The number of H-pyrrole nitrogens is 1. The molecule has 3 heterocycles. The zero-order valence-corrected chi connectivity index (χ0v) is 10.6. The lowest BCUT2D eigenvalue weighted by Crippen LogP contribution is -2.45. The van der Waals surface area contributed by atoms with Crippen LogP contribution in [0.3, 0.4) is 0 Å². The summed E-state index contributed by atoms with van der Waals surface area (Å²) in [4.78, 5) is 17.4. The summed E-state index contributed by atoms with van der Waals surface area (Å²) in [5, 5.41) is 10.8. The van der Waals surface area contributed by atoms with Gasteiger partial charge >= 0.3 is 0 Å². The molecular formula is C15H16N2O2. The Hall–Kier alpha value is -1.81. The molecule has 0 aliphatic carbocycles. The molecule has 1 aromatic carbocycles. The number of nitrogens with zero attached hydrogens (tertiary/aromatic N) is 1. The Morgan fingerprint density at radius 3 is 3.05 bits per heavy atom. The molecule has 4 nitrogen and oxygen atoms in total. The first kappa shape index (κ1) is 11.1. The van der Waals surface area contributed by atoms with Crippen molar-refractivity contribution in [3.63, 3.8) is 0 Å². The van der Waals surface area contributed by atoms with Gasteiger partial charge in [0.25, 0.3) is 0 Å². The van der Waals surface area contributed by atoms with Gasteiger partial charge in [0.05, 0.1) is 18.7 Å². The van der Waals surface area contributed by atoms with Crippen molar-refractivity contribution in [2.45, 2.75) is 31.3 Å². The van der Waals surface area contributed by atoms with E-state index in [1.165, 1.54) is 16.6 Å². The number of nitrogens with one attached hydrogen (secondary N) is 1. The first-order chi connectivity index (χ1) is 9.29. The fourth-order valence-electron chi connectivity index (χ4n) is 3.66. The van der Waals surface area contributed by atoms with Crippen LogP contribution in [0.25, 0.3) is 10.9 Å². The van der Waals surface area contributed by atoms with Crippen LogP contribution < -0.4 is 0 Å². The van der Waals surface area contributed by atoms with E-state index >= 15 is 0 Å². The Morgan fingerprint density at radius 2 is 2.21 bits per heavy atom. The average Bonchev–Trinajstić information content (AvgIpc) is 2.99. The first-order valence-corrected chi connectivity index (χ1v) is 6.81. The molecule has 1 fully saturated rings. The van der Waals surface area contributed by atoms with Crippen molar-refractivity contribution in [2.75, 3.05) is 6.61 Å². The predicted molar refractivity (Wildman–Crippen MR) is 71.7 cm³/mol. The van der Waals surface area contributed by atoms with Crippen LogP contribution in [-0.4, -0.2) is 33.5 Å². The van der Waals surface area contributed by atoms with E-state index in [-0.39, 0.29) is 24.6 Å². The van der Waals surface area contributed by atoms with Crippen LogP contribution in [0.5, 0.6) is 0 Å². The number of aliphatic hydroxyl groups excluding tert-OH is 1. The van der Waals surface area contributed by atoms with Crippen LogP contribution in [-0.2, 0) is 11.2 Å². The molecule has 19 heavy (non-hydrogen) atoms. The number of fused-ring (bicyclic) bond motifs is 5. The van der Waals surface area contributed by atoms with Crippen LogP contribution >= 0.6 is 0 Å². The van der Waals surface area contributed by atoms with Gasteiger partial charge in [-0.3, -0.25) is 4.79 Å². The fraction of sp³-hybridized carbons (Fsp3) is 0.400. The highest BCUT2D eigenvalue weighted by Gasteiger charge is 2.42. The molecule has 2 aromatic rings. The first-order valence-electron chi connectivity index (χ1n) is 6.81. The van der Waals surface area contributed by atoms with Gasteiger partial charge in [0, 0.05) is 23.0 Å². The number of benzene rings is 1. The van der Waals surface area contributed by atoms with E-state index in [0.717, 1.165) is 18.4 Å². The molecular weight excluding hydrogens is 240 g/mol. The second-order valence-corrected chi connectivity index (χ2v) is 5.46. The van der Waals surface area contributed by atoms with Gasteiger partial charge in [-0.15, -0.1) is 0 Å². The molecule has 1 unspecified atom stereocenters. The van der Waals surface area contributed by atoms with E-state index in [1.807, 2.05) is 17.0 Å². The third-order valence-electron chi connectivity index (χ3n) is 4.48. The van der Waals surface area contributed by atoms with Gasteiger partial charge in [-0.25, -0.2) is 0 Å². The summed E-state index contributed by atoms with van der Waals surface area (Å²) in [5.74, 6) is 0.174. The van der Waals surface area contributed by atoms with Gasteiger partial charge in [-0.1, -0.05) is 18.2 Å². The molecule has 0 bridgehead atoms. The number of carbonyl (C=O) groups excluding carboxylic acids is 1. The van der Waals surface area contributed by atoms with Gasteiger partial charge in [-0.2, -0.15) is 0 Å². The van der Waals surface area contributed by atoms with Crippen molar-refractivity contribution >= 4 is 16.8 Å². The van der Waals surface area contributed by atoms with Gasteiger partial charge in [0.2, 0.25) is 5.91 Å². The highest BCUT2D eigenvalue weighted by atomic mass is 16.3. The number of hydrogen-bond donors (Lipinski definition) is 2. The summed E-state index contributed by atoms with van der Waals surface area (Å²) in [6, 6.07) is 8.31. The highest BCUT2D eigenvalue weighted by molar-refractivity contribution is 5.87. The quantitative estimate of drug-likeness (QED) is 0.816. The van der Waals surface area contributed by atoms with Gasteiger partial charge in [0.15, 0.2) is 0 Å². The molecule has 2 aliphatic rings. The lowest BCUT2D eigenvalue weighted by Gasteiger charge is -2.36. The Bertz CT molecular complexity index is 661. The zero-order chi connectivity index (χ0) is 13.0. The number of aromatic nitrogens is 1. The van der Waals surface area contributed by atoms with Crippen molar-refractivity contribution in [1.29, 1.82) is 0 Å². The minimum absolute atomic E-state index is 0.0428. The van der Waals surface area contributed by atoms with Crippen LogP contribution in [0.1, 0.15) is 30.1 Å². The van der Waals surface area contributed by atoms with Crippen LogP contribution in [0.15, 0.2) is 24.3 Å². The molecule has 4 rings (SSSR count). The largest absolute Gasteiger partial charge is 0.394 e. The van der Waals surface area contributed by atoms with Crippen molar-refractivity contribution in [2.24, 2.45) is 0 Å². The fourth-order valence-corrected chi connectivity index (χ4v) is 3.66. The molecule has 0 radical (unpaired) electrons. The topological polar surface area (TPSA) is 56.3 Å². The normalized spacial score (nSPS) is 25.7. The Kier molecular flexibility index (Phi) is 2.23. The van der Waals surface area contributed by atoms with Crippen LogP contribution in [0.4, 0.5) is 0 Å². The van der Waals surface area contributed by atoms with E-state index in [4.69, 9.17) is 0 Å². The SMILES string of the molecule is O=C1CCC2c3[nH]c4ccccc4c3C[C@@H](CO)N12. The summed E-state index contributed by atoms with van der Waals surface area (Å²) in [6.45, 7) is 0.0428. The lowest BCUT2D eigenvalue weighted by molar-refractivity contribution is -0.132. The third kappa shape index (κ3) is 1.40. The van der Waals surface area contributed by atoms with E-state index in [9.17, 15) is 9.90 Å². The monoisotopic (exact) mass is 256 g/mol. The Balaban J connectivity index is 1.93. The van der Waals surface area contributed by atoms with Crippen LogP contribution in [0.2, 0.25) is 0 Å². The minimum atomic E-state index is -0.0632. The average molecular weight is 256 g/mol. The maximum atomic E-state index is 12.0. The maximum Gasteiger partial charge on any atom is 0.223 e. The predicted octanol–water partition coefficient (Wildman–Crippen LogP) is 1.75. The zero-order valence-electron chi connectivity index (χ0n) is 10.6. The van der Waals surface area contributed by atoms with Crippen molar-refractivity contribution in [1.82, 2.24) is 9.88 Å². The molecule has 4 heteroatoms. The highest BCUT2D eigenvalue weighted by Crippen LogP contribution is 2.42. The van der Waals surface area contributed by atoms with E-state index < -0.39 is 0 Å². The number of carbonyl (C=O) groups is 1. The summed E-state index contributed by atoms with van der Waals surface area (Å²) in [5.41, 5.74) is 3.59. The number of hydrogen-bond acceptors (Lipinski definition) is 2. The van der Waals surface area contributed by atoms with E-state index in [2.05, 4.69) is 17.1 Å².